The van der Waals surface area contributed by atoms with Gasteiger partial charge in [-0.25, -0.2) is 0 Å². The summed E-state index contributed by atoms with van der Waals surface area (Å²) in [5.74, 6) is 0. The predicted octanol–water partition coefficient (Wildman–Crippen LogP) is 3.17. The molecule has 1 aromatic carbocycles. The Morgan fingerprint density at radius 3 is 2.68 bits per heavy atom. The third-order valence-electron chi connectivity index (χ3n) is 3.24. The first kappa shape index (κ1) is 15.9. The summed E-state index contributed by atoms with van der Waals surface area (Å²) in [4.78, 5) is 2.47. The van der Waals surface area contributed by atoms with Crippen LogP contribution in [-0.2, 0) is 13.0 Å². The van der Waals surface area contributed by atoms with Gasteiger partial charge < -0.3 is 5.32 Å². The Hall–Kier alpha value is -1.11. The summed E-state index contributed by atoms with van der Waals surface area (Å²) < 4.78 is 0. The fourth-order valence-electron chi connectivity index (χ4n) is 2.28. The van der Waals surface area contributed by atoms with Gasteiger partial charge in [0.15, 0.2) is 0 Å². The molecule has 0 spiro atoms. The van der Waals surface area contributed by atoms with Crippen LogP contribution in [0.5, 0.6) is 0 Å². The van der Waals surface area contributed by atoms with Gasteiger partial charge in [0, 0.05) is 25.3 Å². The van der Waals surface area contributed by atoms with E-state index in [1.165, 1.54) is 16.8 Å². The number of rotatable bonds is 4. The average molecular weight is 276 g/mol. The standard InChI is InChI=1S/C15H20N2.CH5P/c1-3-15(16-4-2)12-17-10-9-13-7-5-6-8-14(13)11-17;1-2/h3-8,16H,2,9-12H2,1H3;2H2,1H3/b15-3-;. The van der Waals surface area contributed by atoms with E-state index in [0.29, 0.717) is 0 Å². The predicted molar refractivity (Wildman–Crippen MR) is 88.1 cm³/mol. The first-order valence-corrected chi connectivity index (χ1v) is 7.88. The van der Waals surface area contributed by atoms with Crippen LogP contribution in [0.15, 0.2) is 48.8 Å². The van der Waals surface area contributed by atoms with Crippen molar-refractivity contribution in [1.82, 2.24) is 10.2 Å². The zero-order valence-electron chi connectivity index (χ0n) is 12.0. The Kier molecular flexibility index (Phi) is 7.47. The smallest absolute Gasteiger partial charge is 0.0385 e. The average Bonchev–Trinajstić information content (AvgIpc) is 2.48. The number of fused-ring (bicyclic) bond motifs is 1. The monoisotopic (exact) mass is 276 g/mol. The second-order valence-electron chi connectivity index (χ2n) is 4.39. The molecular weight excluding hydrogens is 251 g/mol. The van der Waals surface area contributed by atoms with Crippen molar-refractivity contribution in [1.29, 1.82) is 0 Å². The SMILES string of the molecule is C=CN/C(=C\C)CN1CCc2ccccc2C1.CP. The second kappa shape index (κ2) is 8.90. The van der Waals surface area contributed by atoms with E-state index in [-0.39, 0.29) is 0 Å². The summed E-state index contributed by atoms with van der Waals surface area (Å²) in [6, 6.07) is 8.73. The summed E-state index contributed by atoms with van der Waals surface area (Å²) in [7, 11) is 2.42. The Morgan fingerprint density at radius 2 is 2.05 bits per heavy atom. The molecule has 1 aromatic rings. The Bertz CT molecular complexity index is 427. The molecule has 0 aromatic heterocycles. The number of hydrogen-bond acceptors (Lipinski definition) is 2. The minimum atomic E-state index is 0.969. The number of nitrogens with one attached hydrogen (secondary N) is 1. The molecule has 0 saturated carbocycles. The van der Waals surface area contributed by atoms with Crippen LogP contribution in [0.4, 0.5) is 0 Å². The summed E-state index contributed by atoms with van der Waals surface area (Å²) in [5, 5.41) is 3.19. The molecule has 1 heterocycles. The molecule has 1 unspecified atom stereocenters. The van der Waals surface area contributed by atoms with Gasteiger partial charge in [-0.15, -0.1) is 9.24 Å². The van der Waals surface area contributed by atoms with Crippen LogP contribution in [0.25, 0.3) is 0 Å². The molecule has 1 aliphatic rings. The number of benzene rings is 1. The summed E-state index contributed by atoms with van der Waals surface area (Å²) >= 11 is 0. The van der Waals surface area contributed by atoms with Gasteiger partial charge in [-0.05, 0) is 30.7 Å². The van der Waals surface area contributed by atoms with Crippen LogP contribution in [0, 0.1) is 0 Å². The first-order chi connectivity index (χ1) is 9.33. The molecule has 1 aliphatic heterocycles. The second-order valence-corrected chi connectivity index (χ2v) is 4.39. The van der Waals surface area contributed by atoms with Gasteiger partial charge in [-0.3, -0.25) is 4.90 Å². The molecule has 1 N–H and O–H groups in total. The van der Waals surface area contributed by atoms with Crippen molar-refractivity contribution < 1.29 is 0 Å². The van der Waals surface area contributed by atoms with Crippen LogP contribution >= 0.6 is 9.24 Å². The maximum atomic E-state index is 3.71. The fraction of sp³-hybridized carbons (Fsp3) is 0.375. The van der Waals surface area contributed by atoms with Crippen LogP contribution in [0.1, 0.15) is 18.1 Å². The summed E-state index contributed by atoms with van der Waals surface area (Å²) in [5.41, 5.74) is 4.19. The summed E-state index contributed by atoms with van der Waals surface area (Å²) in [6.45, 7) is 10.8. The fourth-order valence-corrected chi connectivity index (χ4v) is 2.28. The van der Waals surface area contributed by atoms with Crippen molar-refractivity contribution in [2.45, 2.75) is 19.9 Å². The molecule has 0 fully saturated rings. The highest BCUT2D eigenvalue weighted by Crippen LogP contribution is 2.18. The zero-order valence-corrected chi connectivity index (χ0v) is 13.2. The van der Waals surface area contributed by atoms with Gasteiger partial charge in [0.1, 0.15) is 0 Å². The molecule has 3 heteroatoms. The van der Waals surface area contributed by atoms with E-state index < -0.39 is 0 Å². The number of hydrogen-bond donors (Lipinski definition) is 1. The van der Waals surface area contributed by atoms with Crippen LogP contribution in [-0.4, -0.2) is 24.7 Å². The van der Waals surface area contributed by atoms with Crippen molar-refractivity contribution in [2.75, 3.05) is 19.8 Å². The van der Waals surface area contributed by atoms with E-state index in [1.54, 1.807) is 6.20 Å². The maximum absolute atomic E-state index is 3.71. The van der Waals surface area contributed by atoms with E-state index in [0.717, 1.165) is 26.1 Å². The number of allylic oxidation sites excluding steroid dienone is 1. The third kappa shape index (κ3) is 4.81. The van der Waals surface area contributed by atoms with Gasteiger partial charge >= 0.3 is 0 Å². The van der Waals surface area contributed by atoms with Gasteiger partial charge in [0.05, 0.1) is 0 Å². The molecule has 0 radical (unpaired) electrons. The molecule has 0 saturated heterocycles. The largest absolute Gasteiger partial charge is 0.365 e. The van der Waals surface area contributed by atoms with Crippen LogP contribution < -0.4 is 5.32 Å². The third-order valence-corrected chi connectivity index (χ3v) is 3.24. The Labute approximate surface area is 119 Å². The molecule has 2 rings (SSSR count). The van der Waals surface area contributed by atoms with Gasteiger partial charge in [-0.2, -0.15) is 0 Å². The lowest BCUT2D eigenvalue weighted by atomic mass is 10.00. The van der Waals surface area contributed by atoms with Crippen molar-refractivity contribution in [3.8, 4) is 0 Å². The normalized spacial score (nSPS) is 15.0. The molecule has 19 heavy (non-hydrogen) atoms. The van der Waals surface area contributed by atoms with Crippen LogP contribution in [0.3, 0.4) is 0 Å². The van der Waals surface area contributed by atoms with Crippen molar-refractivity contribution in [2.24, 2.45) is 0 Å². The lowest BCUT2D eigenvalue weighted by molar-refractivity contribution is 0.272. The lowest BCUT2D eigenvalue weighted by Crippen LogP contribution is -2.34. The molecule has 0 bridgehead atoms. The molecular formula is C16H25N2P. The maximum Gasteiger partial charge on any atom is 0.0385 e. The van der Waals surface area contributed by atoms with E-state index in [9.17, 15) is 0 Å². The Balaban J connectivity index is 0.000000861. The van der Waals surface area contributed by atoms with Crippen molar-refractivity contribution >= 4 is 9.24 Å². The van der Waals surface area contributed by atoms with E-state index in [1.807, 2.05) is 6.66 Å². The number of nitrogens with zero attached hydrogens (tertiary/aromatic N) is 1. The van der Waals surface area contributed by atoms with E-state index >= 15 is 0 Å². The van der Waals surface area contributed by atoms with E-state index in [2.05, 4.69) is 63.3 Å². The van der Waals surface area contributed by atoms with Crippen molar-refractivity contribution in [3.05, 3.63) is 59.9 Å². The molecule has 1 atom stereocenters. The lowest BCUT2D eigenvalue weighted by Gasteiger charge is -2.29. The highest BCUT2D eigenvalue weighted by atomic mass is 31.0. The summed E-state index contributed by atoms with van der Waals surface area (Å²) in [6.07, 6.45) is 5.01. The molecule has 0 amide bonds. The van der Waals surface area contributed by atoms with Gasteiger partial charge in [0.25, 0.3) is 0 Å². The first-order valence-electron chi connectivity index (χ1n) is 6.73. The van der Waals surface area contributed by atoms with Gasteiger partial charge in [0.2, 0.25) is 0 Å². The van der Waals surface area contributed by atoms with Crippen LogP contribution in [0.2, 0.25) is 0 Å². The van der Waals surface area contributed by atoms with Gasteiger partial charge in [-0.1, -0.05) is 43.6 Å². The minimum absolute atomic E-state index is 0.969. The zero-order chi connectivity index (χ0) is 14.1. The van der Waals surface area contributed by atoms with E-state index in [4.69, 9.17) is 0 Å². The molecule has 0 aliphatic carbocycles. The highest BCUT2D eigenvalue weighted by Gasteiger charge is 2.15. The quantitative estimate of drug-likeness (QED) is 0.850. The molecule has 104 valence electrons. The Morgan fingerprint density at radius 1 is 1.37 bits per heavy atom. The topological polar surface area (TPSA) is 15.3 Å². The van der Waals surface area contributed by atoms with Crippen molar-refractivity contribution in [3.63, 3.8) is 0 Å². The highest BCUT2D eigenvalue weighted by molar-refractivity contribution is 7.15. The minimum Gasteiger partial charge on any atom is -0.365 e. The molecule has 2 nitrogen and oxygen atoms in total.